The quantitative estimate of drug-likeness (QED) is 0.0415. The molecular formula is C24H48Cr2N12O12. The van der Waals surface area contributed by atoms with Crippen molar-refractivity contribution in [2.24, 2.45) is 34.4 Å². The largest absolute Gasteiger partial charge is 3.00 e. The van der Waals surface area contributed by atoms with Gasteiger partial charge in [0.25, 0.3) is 0 Å². The Hall–Kier alpha value is -4.43. The third kappa shape index (κ3) is 96.7. The summed E-state index contributed by atoms with van der Waals surface area (Å²) in [5.41, 5.74) is 30.4. The van der Waals surface area contributed by atoms with Gasteiger partial charge in [-0.15, -0.1) is 0 Å². The number of carboxylic acid groups (broad SMARTS) is 6. The second-order valence-electron chi connectivity index (χ2n) is 8.70. The minimum absolute atomic E-state index is 0. The number of hydrogen-bond donors (Lipinski definition) is 12. The van der Waals surface area contributed by atoms with Gasteiger partial charge in [-0.2, -0.15) is 0 Å². The van der Waals surface area contributed by atoms with Gasteiger partial charge in [0.05, 0.1) is 17.9 Å². The minimum Gasteiger partial charge on any atom is -0.550 e. The summed E-state index contributed by atoms with van der Waals surface area (Å²) in [7, 11) is 0. The third-order valence-electron chi connectivity index (χ3n) is 3.93. The first-order valence-corrected chi connectivity index (χ1v) is 13.5. The molecule has 0 amide bonds. The summed E-state index contributed by atoms with van der Waals surface area (Å²) in [5.74, 6) is -7.39. The third-order valence-corrected chi connectivity index (χ3v) is 3.93. The molecule has 0 aliphatic rings. The normalized spacial score (nSPS) is 10.2. The molecule has 0 fully saturated rings. The fourth-order valence-corrected chi connectivity index (χ4v) is 1.99. The molecule has 26 heteroatoms. The summed E-state index contributed by atoms with van der Waals surface area (Å²) in [4.78, 5) is 57.0. The molecule has 0 saturated carbocycles. The van der Waals surface area contributed by atoms with Crippen LogP contribution in [0.3, 0.4) is 0 Å². The van der Waals surface area contributed by atoms with Gasteiger partial charge in [0.15, 0.2) is 17.9 Å². The average Bonchev–Trinajstić information content (AvgIpc) is 2.90. The van der Waals surface area contributed by atoms with E-state index in [1.165, 1.54) is 0 Å². The van der Waals surface area contributed by atoms with Crippen LogP contribution in [0.5, 0.6) is 0 Å². The van der Waals surface area contributed by atoms with E-state index in [4.69, 9.17) is 80.3 Å². The summed E-state index contributed by atoms with van der Waals surface area (Å²) in [6.07, 6.45) is 2.62. The topological polar surface area (TPSA) is 505 Å². The Morgan fingerprint density at radius 2 is 0.620 bits per heavy atom. The van der Waals surface area contributed by atoms with Gasteiger partial charge >= 0.3 is 34.7 Å². The minimum atomic E-state index is -1.25. The van der Waals surface area contributed by atoms with Crippen LogP contribution in [0.25, 0.3) is 0 Å². The Bertz CT molecular complexity index is 852. The number of hydrogen-bond acceptors (Lipinski definition) is 18. The molecule has 0 aromatic heterocycles. The Morgan fingerprint density at radius 1 is 0.480 bits per heavy atom. The maximum Gasteiger partial charge on any atom is 3.00 e. The van der Waals surface area contributed by atoms with E-state index in [0.29, 0.717) is 58.2 Å². The smallest absolute Gasteiger partial charge is 0.550 e. The second-order valence-corrected chi connectivity index (χ2v) is 8.70. The predicted molar refractivity (Wildman–Crippen MR) is 158 cm³/mol. The molecule has 0 aromatic carbocycles. The fraction of sp³-hybridized carbons (Fsp3) is 0.625. The van der Waals surface area contributed by atoms with E-state index in [9.17, 15) is 29.7 Å². The standard InChI is InChI=1S/3C6H14N4O2.3C2H4O2.2Cr/c3*7-4(5(11)12)2-1-3-10-6(8)9;3*1-2(3)4;;/h3*4H,1-3,7H2,(H,11,12)(H4,8,9,10);3*1H3,(H,3,4);;/q;;;;;;2*+3/p-6/t3*4-;;;;;/m000...../s1. The molecule has 0 rings (SSSR count). The van der Waals surface area contributed by atoms with Crippen LogP contribution in [-0.4, -0.2) is 91.5 Å². The van der Waals surface area contributed by atoms with Crippen molar-refractivity contribution in [1.29, 1.82) is 16.2 Å². The van der Waals surface area contributed by atoms with Gasteiger partial charge in [0.1, 0.15) is 0 Å². The zero-order valence-electron chi connectivity index (χ0n) is 27.8. The fourth-order valence-electron chi connectivity index (χ4n) is 1.99. The summed E-state index contributed by atoms with van der Waals surface area (Å²) < 4.78 is 0. The van der Waals surface area contributed by atoms with Crippen molar-refractivity contribution in [3.05, 3.63) is 0 Å². The van der Waals surface area contributed by atoms with Gasteiger partial charge in [-0.05, 0) is 59.3 Å². The molecule has 0 spiro atoms. The van der Waals surface area contributed by atoms with Crippen LogP contribution in [0.4, 0.5) is 0 Å². The van der Waals surface area contributed by atoms with E-state index in [1.807, 2.05) is 0 Å². The van der Waals surface area contributed by atoms with Crippen LogP contribution in [0, 0.1) is 16.2 Å². The van der Waals surface area contributed by atoms with E-state index >= 15 is 0 Å². The Labute approximate surface area is 310 Å². The molecule has 24 nitrogen and oxygen atoms in total. The van der Waals surface area contributed by atoms with Crippen molar-refractivity contribution in [3.8, 4) is 0 Å². The summed E-state index contributed by atoms with van der Waals surface area (Å²) >= 11 is 0. The van der Waals surface area contributed by atoms with Crippen molar-refractivity contribution < 1.29 is 94.1 Å². The van der Waals surface area contributed by atoms with Crippen LogP contribution in [-0.2, 0) is 63.5 Å². The molecule has 0 saturated heterocycles. The molecule has 0 heterocycles. The van der Waals surface area contributed by atoms with Gasteiger partial charge < -0.3 is 110 Å². The number of nitrogens with one attached hydrogen (secondary N) is 6. The first-order chi connectivity index (χ1) is 21.8. The first kappa shape index (κ1) is 64.1. The number of rotatable bonds is 15. The number of aliphatic carboxylic acids is 6. The molecule has 0 unspecified atom stereocenters. The van der Waals surface area contributed by atoms with E-state index in [0.717, 1.165) is 20.8 Å². The number of carboxylic acids is 6. The van der Waals surface area contributed by atoms with E-state index in [1.54, 1.807) is 0 Å². The zero-order valence-corrected chi connectivity index (χ0v) is 30.3. The van der Waals surface area contributed by atoms with Crippen LogP contribution in [0.15, 0.2) is 0 Å². The maximum absolute atomic E-state index is 10.1. The first-order valence-electron chi connectivity index (χ1n) is 13.5. The van der Waals surface area contributed by atoms with Gasteiger partial charge in [0.2, 0.25) is 0 Å². The molecule has 3 atom stereocenters. The van der Waals surface area contributed by atoms with Crippen LogP contribution >= 0.6 is 0 Å². The zero-order chi connectivity index (χ0) is 39.4. The van der Waals surface area contributed by atoms with Crippen molar-refractivity contribution in [3.63, 3.8) is 0 Å². The molecule has 0 aromatic rings. The van der Waals surface area contributed by atoms with Crippen molar-refractivity contribution >= 4 is 53.7 Å². The summed E-state index contributed by atoms with van der Waals surface area (Å²) in [6.45, 7) is 4.28. The Morgan fingerprint density at radius 3 is 0.720 bits per heavy atom. The molecule has 288 valence electrons. The number of carbonyl (C=O) groups excluding carboxylic acids is 6. The van der Waals surface area contributed by atoms with E-state index in [-0.39, 0.29) is 52.6 Å². The SMILES string of the molecule is CC(=O)[O-].CC(=O)[O-].CC(=O)[O-].N=C(N)NCCC[C@H](N)C(=O)[O-].N=C(N)NCCC[C@H](N)C(=O)[O-].N=C(N)NCCC[C@H](N)C(=O)[O-].[Cr+3].[Cr+3]. The van der Waals surface area contributed by atoms with Crippen molar-refractivity contribution in [2.75, 3.05) is 19.6 Å². The number of carbonyl (C=O) groups is 6. The number of guanidine groups is 3. The molecule has 0 aliphatic heterocycles. The van der Waals surface area contributed by atoms with E-state index < -0.39 is 53.9 Å². The number of nitrogens with two attached hydrogens (primary N) is 6. The average molecular weight is 801 g/mol. The molecule has 50 heavy (non-hydrogen) atoms. The predicted octanol–water partition coefficient (Wildman–Crippen LogP) is -11.8. The van der Waals surface area contributed by atoms with Gasteiger partial charge in [-0.25, -0.2) is 0 Å². The summed E-state index contributed by atoms with van der Waals surface area (Å²) in [5, 5.41) is 84.9. The van der Waals surface area contributed by atoms with Gasteiger partial charge in [0, 0.05) is 55.7 Å². The van der Waals surface area contributed by atoms with E-state index in [2.05, 4.69) is 16.0 Å². The second kappa shape index (κ2) is 44.6. The Kier molecular flexibility index (Phi) is 57.2. The molecule has 2 radical (unpaired) electrons. The van der Waals surface area contributed by atoms with Crippen molar-refractivity contribution in [2.45, 2.75) is 77.4 Å². The molecule has 0 aliphatic carbocycles. The molecular weight excluding hydrogens is 752 g/mol. The van der Waals surface area contributed by atoms with Crippen LogP contribution < -0.4 is 81.0 Å². The van der Waals surface area contributed by atoms with Crippen LogP contribution in [0.1, 0.15) is 59.3 Å². The monoisotopic (exact) mass is 800 g/mol. The molecule has 18 N–H and O–H groups in total. The maximum atomic E-state index is 10.1. The summed E-state index contributed by atoms with van der Waals surface area (Å²) in [6, 6.07) is -2.80. The molecule has 0 bridgehead atoms. The van der Waals surface area contributed by atoms with Crippen molar-refractivity contribution in [1.82, 2.24) is 16.0 Å². The van der Waals surface area contributed by atoms with Gasteiger partial charge in [-0.1, -0.05) is 0 Å². The Balaban J connectivity index is -0.0000000745. The van der Waals surface area contributed by atoms with Crippen LogP contribution in [0.2, 0.25) is 0 Å². The van der Waals surface area contributed by atoms with Gasteiger partial charge in [-0.3, -0.25) is 16.2 Å².